The van der Waals surface area contributed by atoms with E-state index in [2.05, 4.69) is 19.9 Å². The van der Waals surface area contributed by atoms with Crippen molar-refractivity contribution >= 4 is 34.8 Å². The van der Waals surface area contributed by atoms with Gasteiger partial charge in [-0.15, -0.1) is 0 Å². The van der Waals surface area contributed by atoms with Crippen molar-refractivity contribution in [3.8, 4) is 0 Å². The number of amides is 1. The Balaban J connectivity index is 2.13. The molecule has 2 aromatic heterocycles. The molecule has 0 radical (unpaired) electrons. The topological polar surface area (TPSA) is 155 Å². The van der Waals surface area contributed by atoms with Crippen LogP contribution in [0, 0.1) is 5.92 Å². The van der Waals surface area contributed by atoms with E-state index in [-0.39, 0.29) is 54.1 Å². The van der Waals surface area contributed by atoms with Crippen molar-refractivity contribution in [3.63, 3.8) is 0 Å². The lowest BCUT2D eigenvalue weighted by molar-refractivity contribution is -0.141. The van der Waals surface area contributed by atoms with Crippen molar-refractivity contribution in [2.45, 2.75) is 13.0 Å². The van der Waals surface area contributed by atoms with Crippen LogP contribution in [-0.2, 0) is 16.2 Å². The van der Waals surface area contributed by atoms with E-state index >= 15 is 0 Å². The normalized spacial score (nSPS) is 18.1. The van der Waals surface area contributed by atoms with Crippen molar-refractivity contribution in [2.75, 3.05) is 17.2 Å². The number of nitrogen functional groups attached to an aromatic ring is 1. The Bertz CT molecular complexity index is 780. The first kappa shape index (κ1) is 14.1. The Morgan fingerprint density at radius 1 is 1.41 bits per heavy atom. The highest BCUT2D eigenvalue weighted by molar-refractivity contribution is 6.03. The van der Waals surface area contributed by atoms with Crippen LogP contribution in [0.3, 0.4) is 0 Å². The molecule has 4 N–H and O–H groups in total. The number of carbonyl (C=O) groups excluding carboxylic acids is 1. The van der Waals surface area contributed by atoms with Crippen LogP contribution in [0.25, 0.3) is 11.2 Å². The Morgan fingerprint density at radius 3 is 2.82 bits per heavy atom. The molecule has 0 saturated carbocycles. The summed E-state index contributed by atoms with van der Waals surface area (Å²) in [7, 11) is 0. The number of nitrogens with two attached hydrogens (primary N) is 1. The number of carboxylic acid groups (broad SMARTS) is 1. The van der Waals surface area contributed by atoms with Crippen molar-refractivity contribution in [3.05, 3.63) is 11.9 Å². The Hall–Kier alpha value is -2.88. The Morgan fingerprint density at radius 2 is 2.18 bits per heavy atom. The number of aliphatic hydroxyl groups excluding tert-OH is 1. The molecule has 10 heteroatoms. The summed E-state index contributed by atoms with van der Waals surface area (Å²) in [6.07, 6.45) is 1.22. The first-order valence-electron chi connectivity index (χ1n) is 6.42. The summed E-state index contributed by atoms with van der Waals surface area (Å²) in [4.78, 5) is 40.4. The van der Waals surface area contributed by atoms with Crippen LogP contribution in [0.2, 0.25) is 0 Å². The zero-order valence-electron chi connectivity index (χ0n) is 11.3. The zero-order chi connectivity index (χ0) is 15.9. The van der Waals surface area contributed by atoms with E-state index in [1.165, 1.54) is 11.1 Å². The zero-order valence-corrected chi connectivity index (χ0v) is 11.3. The smallest absolute Gasteiger partial charge is 0.308 e. The number of fused-ring (bicyclic) bond motifs is 1. The number of carboxylic acids is 1. The summed E-state index contributed by atoms with van der Waals surface area (Å²) in [6.45, 7) is -0.358. The second-order valence-electron chi connectivity index (χ2n) is 4.84. The minimum Gasteiger partial charge on any atom is -0.481 e. The van der Waals surface area contributed by atoms with Gasteiger partial charge in [0.15, 0.2) is 17.0 Å². The third-order valence-corrected chi connectivity index (χ3v) is 3.35. The van der Waals surface area contributed by atoms with Crippen LogP contribution in [0.5, 0.6) is 0 Å². The number of aliphatic hydroxyl groups is 1. The van der Waals surface area contributed by atoms with Gasteiger partial charge in [0, 0.05) is 13.0 Å². The molecule has 0 aliphatic carbocycles. The van der Waals surface area contributed by atoms with Gasteiger partial charge in [-0.1, -0.05) is 0 Å². The van der Waals surface area contributed by atoms with Gasteiger partial charge in [0.05, 0.1) is 24.4 Å². The van der Waals surface area contributed by atoms with E-state index in [4.69, 9.17) is 15.9 Å². The molecule has 1 saturated heterocycles. The lowest BCUT2D eigenvalue weighted by Crippen LogP contribution is -2.27. The lowest BCUT2D eigenvalue weighted by atomic mass is 10.1. The maximum Gasteiger partial charge on any atom is 0.308 e. The molecule has 10 nitrogen and oxygen atoms in total. The number of hydrogen-bond donors (Lipinski definition) is 3. The first-order valence-corrected chi connectivity index (χ1v) is 6.42. The summed E-state index contributed by atoms with van der Waals surface area (Å²) in [6, 6.07) is 0. The third kappa shape index (κ3) is 2.29. The number of rotatable bonds is 3. The minimum atomic E-state index is -1.05. The molecule has 0 bridgehead atoms. The summed E-state index contributed by atoms with van der Waals surface area (Å²) < 4.78 is 0. The van der Waals surface area contributed by atoms with Gasteiger partial charge in [-0.05, 0) is 0 Å². The van der Waals surface area contributed by atoms with Crippen molar-refractivity contribution in [1.29, 1.82) is 0 Å². The fourth-order valence-corrected chi connectivity index (χ4v) is 2.29. The fraction of sp³-hybridized carbons (Fsp3) is 0.333. The van der Waals surface area contributed by atoms with E-state index in [0.717, 1.165) is 0 Å². The van der Waals surface area contributed by atoms with Crippen molar-refractivity contribution in [2.24, 2.45) is 5.92 Å². The molecule has 0 spiro atoms. The molecule has 1 fully saturated rings. The number of aliphatic carboxylic acids is 1. The molecule has 1 amide bonds. The fourth-order valence-electron chi connectivity index (χ4n) is 2.29. The van der Waals surface area contributed by atoms with Gasteiger partial charge in [0.1, 0.15) is 0 Å². The summed E-state index contributed by atoms with van der Waals surface area (Å²) in [5, 5.41) is 18.2. The van der Waals surface area contributed by atoms with Crippen LogP contribution in [-0.4, -0.2) is 48.6 Å². The van der Waals surface area contributed by atoms with Gasteiger partial charge >= 0.3 is 5.97 Å². The Kier molecular flexibility index (Phi) is 3.29. The van der Waals surface area contributed by atoms with Gasteiger partial charge in [0.2, 0.25) is 11.9 Å². The maximum atomic E-state index is 12.1. The van der Waals surface area contributed by atoms with E-state index in [1.54, 1.807) is 0 Å². The average Bonchev–Trinajstić information content (AvgIpc) is 2.88. The number of aromatic nitrogens is 4. The molecule has 22 heavy (non-hydrogen) atoms. The van der Waals surface area contributed by atoms with E-state index < -0.39 is 11.9 Å². The van der Waals surface area contributed by atoms with Crippen LogP contribution in [0.15, 0.2) is 6.20 Å². The standard InChI is InChI=1S/C12H12N6O4/c13-12-16-9-8(15-6(4-19)2-14-9)10(17-12)18-3-5(11(21)22)1-7(18)20/h2,5,19H,1,3-4H2,(H,21,22)(H2,13,14,16,17). The molecule has 1 atom stereocenters. The molecule has 114 valence electrons. The second kappa shape index (κ2) is 5.15. The Labute approximate surface area is 123 Å². The predicted molar refractivity (Wildman–Crippen MR) is 73.6 cm³/mol. The van der Waals surface area contributed by atoms with E-state index in [1.807, 2.05) is 0 Å². The summed E-state index contributed by atoms with van der Waals surface area (Å²) in [5.74, 6) is -2.24. The molecule has 3 rings (SSSR count). The maximum absolute atomic E-state index is 12.1. The number of carbonyl (C=O) groups is 2. The van der Waals surface area contributed by atoms with Crippen molar-refractivity contribution in [1.82, 2.24) is 19.9 Å². The highest BCUT2D eigenvalue weighted by Gasteiger charge is 2.37. The molecule has 1 aliphatic rings. The number of hydrogen-bond acceptors (Lipinski definition) is 8. The minimum absolute atomic E-state index is 0.0231. The number of nitrogens with zero attached hydrogens (tertiary/aromatic N) is 5. The molecule has 3 heterocycles. The van der Waals surface area contributed by atoms with Gasteiger partial charge in [-0.25, -0.2) is 9.97 Å². The molecule has 2 aromatic rings. The van der Waals surface area contributed by atoms with Crippen molar-refractivity contribution < 1.29 is 19.8 Å². The summed E-state index contributed by atoms with van der Waals surface area (Å²) in [5.41, 5.74) is 6.26. The van der Waals surface area contributed by atoms with Gasteiger partial charge in [-0.3, -0.25) is 14.5 Å². The van der Waals surface area contributed by atoms with Crippen LogP contribution >= 0.6 is 0 Å². The first-order chi connectivity index (χ1) is 10.5. The van der Waals surface area contributed by atoms with Gasteiger partial charge in [0.25, 0.3) is 0 Å². The third-order valence-electron chi connectivity index (χ3n) is 3.35. The molecular weight excluding hydrogens is 292 g/mol. The second-order valence-corrected chi connectivity index (χ2v) is 4.84. The highest BCUT2D eigenvalue weighted by atomic mass is 16.4. The molecule has 1 unspecified atom stereocenters. The largest absolute Gasteiger partial charge is 0.481 e. The van der Waals surface area contributed by atoms with Crippen LogP contribution in [0.4, 0.5) is 11.8 Å². The SMILES string of the molecule is Nc1nc(N2CC(C(=O)O)CC2=O)c2nc(CO)cnc2n1. The predicted octanol–water partition coefficient (Wildman–Crippen LogP) is -1.07. The van der Waals surface area contributed by atoms with Gasteiger partial charge < -0.3 is 15.9 Å². The molecular formula is C12H12N6O4. The average molecular weight is 304 g/mol. The molecule has 1 aliphatic heterocycles. The lowest BCUT2D eigenvalue weighted by Gasteiger charge is -2.16. The van der Waals surface area contributed by atoms with Crippen LogP contribution in [0.1, 0.15) is 12.1 Å². The number of anilines is 2. The quantitative estimate of drug-likeness (QED) is 0.642. The van der Waals surface area contributed by atoms with E-state index in [0.29, 0.717) is 0 Å². The monoisotopic (exact) mass is 304 g/mol. The van der Waals surface area contributed by atoms with Gasteiger partial charge in [-0.2, -0.15) is 9.97 Å². The van der Waals surface area contributed by atoms with Crippen LogP contribution < -0.4 is 10.6 Å². The summed E-state index contributed by atoms with van der Waals surface area (Å²) >= 11 is 0. The van der Waals surface area contributed by atoms with E-state index in [9.17, 15) is 9.59 Å². The highest BCUT2D eigenvalue weighted by Crippen LogP contribution is 2.28. The molecule has 0 aromatic carbocycles.